The first-order chi connectivity index (χ1) is 8.77. The van der Waals surface area contributed by atoms with E-state index in [2.05, 4.69) is 10.1 Å². The summed E-state index contributed by atoms with van der Waals surface area (Å²) in [6.45, 7) is 4.96. The van der Waals surface area contributed by atoms with E-state index in [1.807, 2.05) is 31.2 Å². The molecule has 0 saturated heterocycles. The van der Waals surface area contributed by atoms with Crippen LogP contribution in [-0.4, -0.2) is 32.8 Å². The van der Waals surface area contributed by atoms with Gasteiger partial charge in [0.2, 0.25) is 0 Å². The van der Waals surface area contributed by atoms with Crippen LogP contribution in [0.2, 0.25) is 0 Å². The van der Waals surface area contributed by atoms with Gasteiger partial charge in [-0.1, -0.05) is 24.3 Å². The van der Waals surface area contributed by atoms with Crippen molar-refractivity contribution in [1.82, 2.24) is 5.32 Å². The predicted molar refractivity (Wildman–Crippen MR) is 70.4 cm³/mol. The van der Waals surface area contributed by atoms with E-state index in [9.17, 15) is 4.79 Å². The molecule has 1 aromatic rings. The Morgan fingerprint density at radius 3 is 2.67 bits per heavy atom. The number of carbonyl (C=O) groups excluding carboxylic acids is 1. The van der Waals surface area contributed by atoms with E-state index in [-0.39, 0.29) is 5.97 Å². The van der Waals surface area contributed by atoms with Crippen LogP contribution in [0.3, 0.4) is 0 Å². The molecule has 1 rings (SSSR count). The number of benzene rings is 1. The van der Waals surface area contributed by atoms with E-state index >= 15 is 0 Å². The average molecular weight is 251 g/mol. The molecule has 18 heavy (non-hydrogen) atoms. The van der Waals surface area contributed by atoms with Crippen LogP contribution in [0.5, 0.6) is 0 Å². The zero-order chi connectivity index (χ0) is 13.2. The summed E-state index contributed by atoms with van der Waals surface area (Å²) in [5.74, 6) is -0.211. The van der Waals surface area contributed by atoms with Crippen molar-refractivity contribution in [3.05, 3.63) is 35.4 Å². The van der Waals surface area contributed by atoms with Crippen LogP contribution in [-0.2, 0) is 27.2 Å². The minimum atomic E-state index is -0.211. The molecule has 0 atom stereocenters. The summed E-state index contributed by atoms with van der Waals surface area (Å²) < 4.78 is 9.93. The molecular formula is C14H21NO3. The van der Waals surface area contributed by atoms with Gasteiger partial charge < -0.3 is 14.8 Å². The number of hydrogen-bond donors (Lipinski definition) is 1. The number of ether oxygens (including phenoxy) is 2. The van der Waals surface area contributed by atoms with Gasteiger partial charge in [-0.05, 0) is 18.1 Å². The molecule has 0 unspecified atom stereocenters. The molecular weight excluding hydrogens is 230 g/mol. The first-order valence-corrected chi connectivity index (χ1v) is 6.20. The van der Waals surface area contributed by atoms with E-state index in [1.165, 1.54) is 7.11 Å². The minimum Gasteiger partial charge on any atom is -0.469 e. The maximum Gasteiger partial charge on any atom is 0.309 e. The van der Waals surface area contributed by atoms with Gasteiger partial charge in [0.25, 0.3) is 0 Å². The summed E-state index contributed by atoms with van der Waals surface area (Å²) in [6, 6.07) is 7.88. The predicted octanol–water partition coefficient (Wildman–Crippen LogP) is 1.53. The lowest BCUT2D eigenvalue weighted by molar-refractivity contribution is -0.139. The summed E-state index contributed by atoms with van der Waals surface area (Å²) in [4.78, 5) is 11.3. The van der Waals surface area contributed by atoms with E-state index in [0.29, 0.717) is 13.0 Å². The van der Waals surface area contributed by atoms with Crippen LogP contribution >= 0.6 is 0 Å². The van der Waals surface area contributed by atoms with Crippen molar-refractivity contribution in [2.75, 3.05) is 26.9 Å². The van der Waals surface area contributed by atoms with E-state index < -0.39 is 0 Å². The molecule has 1 N–H and O–H groups in total. The van der Waals surface area contributed by atoms with Crippen LogP contribution in [0.4, 0.5) is 0 Å². The average Bonchev–Trinajstić information content (AvgIpc) is 2.40. The second-order valence-corrected chi connectivity index (χ2v) is 3.90. The van der Waals surface area contributed by atoms with Crippen LogP contribution in [0, 0.1) is 0 Å². The highest BCUT2D eigenvalue weighted by molar-refractivity contribution is 5.72. The van der Waals surface area contributed by atoms with Gasteiger partial charge in [-0.3, -0.25) is 4.79 Å². The molecule has 0 aromatic heterocycles. The summed E-state index contributed by atoms with van der Waals surface area (Å²) >= 11 is 0. The quantitative estimate of drug-likeness (QED) is 0.562. The Kier molecular flexibility index (Phi) is 7.06. The number of nitrogens with one attached hydrogen (secondary N) is 1. The molecule has 4 heteroatoms. The molecule has 4 nitrogen and oxygen atoms in total. The standard InChI is InChI=1S/C14H21NO3/c1-3-18-9-8-15-11-13-7-5-4-6-12(13)10-14(16)17-2/h4-7,15H,3,8-11H2,1-2H3. The molecule has 0 heterocycles. The van der Waals surface area contributed by atoms with E-state index in [0.717, 1.165) is 30.8 Å². The molecule has 0 fully saturated rings. The van der Waals surface area contributed by atoms with Gasteiger partial charge in [-0.25, -0.2) is 0 Å². The Bertz CT molecular complexity index is 366. The SMILES string of the molecule is CCOCCNCc1ccccc1CC(=O)OC. The molecule has 0 aliphatic heterocycles. The Morgan fingerprint density at radius 1 is 1.28 bits per heavy atom. The van der Waals surface area contributed by atoms with Crippen molar-refractivity contribution in [2.24, 2.45) is 0 Å². The highest BCUT2D eigenvalue weighted by atomic mass is 16.5. The van der Waals surface area contributed by atoms with Crippen molar-refractivity contribution in [1.29, 1.82) is 0 Å². The lowest BCUT2D eigenvalue weighted by atomic mass is 10.0. The monoisotopic (exact) mass is 251 g/mol. The smallest absolute Gasteiger partial charge is 0.309 e. The maximum atomic E-state index is 11.3. The first-order valence-electron chi connectivity index (χ1n) is 6.20. The summed E-state index contributed by atoms with van der Waals surface area (Å²) in [6.07, 6.45) is 0.319. The first kappa shape index (κ1) is 14.7. The minimum absolute atomic E-state index is 0.211. The number of rotatable bonds is 8. The number of methoxy groups -OCH3 is 1. The zero-order valence-electron chi connectivity index (χ0n) is 11.1. The third kappa shape index (κ3) is 5.29. The summed E-state index contributed by atoms with van der Waals surface area (Å²) in [7, 11) is 1.41. The molecule has 0 aliphatic carbocycles. The van der Waals surface area contributed by atoms with Gasteiger partial charge in [-0.2, -0.15) is 0 Å². The van der Waals surface area contributed by atoms with Crippen LogP contribution in [0.15, 0.2) is 24.3 Å². The van der Waals surface area contributed by atoms with Crippen LogP contribution < -0.4 is 5.32 Å². The van der Waals surface area contributed by atoms with Gasteiger partial charge in [-0.15, -0.1) is 0 Å². The van der Waals surface area contributed by atoms with Gasteiger partial charge in [0.15, 0.2) is 0 Å². The fraction of sp³-hybridized carbons (Fsp3) is 0.500. The summed E-state index contributed by atoms with van der Waals surface area (Å²) in [5, 5.41) is 3.29. The van der Waals surface area contributed by atoms with E-state index in [1.54, 1.807) is 0 Å². The largest absolute Gasteiger partial charge is 0.469 e. The maximum absolute atomic E-state index is 11.3. The number of hydrogen-bond acceptors (Lipinski definition) is 4. The Morgan fingerprint density at radius 2 is 2.00 bits per heavy atom. The second kappa shape index (κ2) is 8.66. The molecule has 100 valence electrons. The van der Waals surface area contributed by atoms with Gasteiger partial charge >= 0.3 is 5.97 Å². The second-order valence-electron chi connectivity index (χ2n) is 3.90. The topological polar surface area (TPSA) is 47.6 Å². The molecule has 0 saturated carbocycles. The van der Waals surface area contributed by atoms with Gasteiger partial charge in [0.1, 0.15) is 0 Å². The Labute approximate surface area is 108 Å². The van der Waals surface area contributed by atoms with E-state index in [4.69, 9.17) is 4.74 Å². The number of esters is 1. The Hall–Kier alpha value is -1.39. The normalized spacial score (nSPS) is 10.3. The zero-order valence-corrected chi connectivity index (χ0v) is 11.1. The molecule has 0 bridgehead atoms. The van der Waals surface area contributed by atoms with Crippen molar-refractivity contribution in [2.45, 2.75) is 19.9 Å². The van der Waals surface area contributed by atoms with Gasteiger partial charge in [0, 0.05) is 19.7 Å². The third-order valence-electron chi connectivity index (χ3n) is 2.62. The molecule has 0 aliphatic rings. The lowest BCUT2D eigenvalue weighted by Gasteiger charge is -2.10. The third-order valence-corrected chi connectivity index (χ3v) is 2.62. The van der Waals surface area contributed by atoms with Gasteiger partial charge in [0.05, 0.1) is 20.1 Å². The molecule has 0 amide bonds. The van der Waals surface area contributed by atoms with Crippen molar-refractivity contribution in [3.63, 3.8) is 0 Å². The highest BCUT2D eigenvalue weighted by Gasteiger charge is 2.07. The van der Waals surface area contributed by atoms with Crippen molar-refractivity contribution < 1.29 is 14.3 Å². The highest BCUT2D eigenvalue weighted by Crippen LogP contribution is 2.09. The fourth-order valence-corrected chi connectivity index (χ4v) is 1.64. The fourth-order valence-electron chi connectivity index (χ4n) is 1.64. The summed E-state index contributed by atoms with van der Waals surface area (Å²) in [5.41, 5.74) is 2.13. The molecule has 0 radical (unpaired) electrons. The Balaban J connectivity index is 2.46. The van der Waals surface area contributed by atoms with Crippen LogP contribution in [0.25, 0.3) is 0 Å². The molecule has 1 aromatic carbocycles. The number of carbonyl (C=O) groups is 1. The van der Waals surface area contributed by atoms with Crippen molar-refractivity contribution in [3.8, 4) is 0 Å². The van der Waals surface area contributed by atoms with Crippen LogP contribution in [0.1, 0.15) is 18.1 Å². The molecule has 0 spiro atoms. The lowest BCUT2D eigenvalue weighted by Crippen LogP contribution is -2.20. The van der Waals surface area contributed by atoms with Crippen molar-refractivity contribution >= 4 is 5.97 Å².